The molecular weight excluding hydrogens is 445 g/mol. The summed E-state index contributed by atoms with van der Waals surface area (Å²) in [6, 6.07) is 14.3. The Morgan fingerprint density at radius 2 is 1.81 bits per heavy atom. The number of esters is 1. The summed E-state index contributed by atoms with van der Waals surface area (Å²) >= 11 is 12.5. The minimum atomic E-state index is -0.675. The van der Waals surface area contributed by atoms with Crippen LogP contribution in [0.5, 0.6) is 0 Å². The number of carbonyl (C=O) groups excluding carboxylic acids is 2. The van der Waals surface area contributed by atoms with Crippen LogP contribution in [0.3, 0.4) is 0 Å². The van der Waals surface area contributed by atoms with Crippen LogP contribution < -0.4 is 0 Å². The number of ether oxygens (including phenoxy) is 1. The zero-order valence-electron chi connectivity index (χ0n) is 19.1. The summed E-state index contributed by atoms with van der Waals surface area (Å²) in [7, 11) is 1.37. The zero-order chi connectivity index (χ0) is 23.5. The second-order valence-electron chi connectivity index (χ2n) is 8.83. The highest BCUT2D eigenvalue weighted by Crippen LogP contribution is 2.52. The molecule has 4 atom stereocenters. The first kappa shape index (κ1) is 24.6. The summed E-state index contributed by atoms with van der Waals surface area (Å²) in [5.41, 5.74) is 1.40. The maximum absolute atomic E-state index is 14.0. The van der Waals surface area contributed by atoms with E-state index in [1.807, 2.05) is 56.3 Å². The molecule has 1 saturated heterocycles. The second-order valence-corrected chi connectivity index (χ2v) is 9.71. The van der Waals surface area contributed by atoms with Gasteiger partial charge in [-0.1, -0.05) is 74.7 Å². The van der Waals surface area contributed by atoms with Crippen molar-refractivity contribution in [3.8, 4) is 0 Å². The minimum absolute atomic E-state index is 0.00479. The Morgan fingerprint density at radius 3 is 2.38 bits per heavy atom. The largest absolute Gasteiger partial charge is 0.467 e. The molecule has 0 aliphatic carbocycles. The van der Waals surface area contributed by atoms with Gasteiger partial charge >= 0.3 is 5.97 Å². The molecule has 0 saturated carbocycles. The zero-order valence-corrected chi connectivity index (χ0v) is 20.6. The van der Waals surface area contributed by atoms with Gasteiger partial charge in [-0.15, -0.1) is 0 Å². The van der Waals surface area contributed by atoms with E-state index in [2.05, 4.69) is 13.0 Å². The van der Waals surface area contributed by atoms with E-state index in [1.165, 1.54) is 7.11 Å². The Balaban J connectivity index is 2.25. The lowest BCUT2D eigenvalue weighted by Gasteiger charge is -2.51. The molecule has 0 aromatic heterocycles. The number of methoxy groups -OCH3 is 1. The van der Waals surface area contributed by atoms with Crippen LogP contribution in [0.15, 0.2) is 48.5 Å². The first-order valence-corrected chi connectivity index (χ1v) is 11.9. The smallest absolute Gasteiger partial charge is 0.328 e. The molecule has 1 heterocycles. The van der Waals surface area contributed by atoms with Crippen LogP contribution in [0.4, 0.5) is 0 Å². The van der Waals surface area contributed by atoms with Gasteiger partial charge in [0.15, 0.2) is 0 Å². The third-order valence-electron chi connectivity index (χ3n) is 6.59. The third-order valence-corrected chi connectivity index (χ3v) is 7.08. The van der Waals surface area contributed by atoms with Crippen LogP contribution in [0, 0.1) is 5.41 Å². The van der Waals surface area contributed by atoms with Crippen molar-refractivity contribution >= 4 is 35.1 Å². The number of nitrogens with zero attached hydrogens (tertiary/aromatic N) is 1. The fourth-order valence-corrected chi connectivity index (χ4v) is 5.44. The molecule has 4 nitrogen and oxygen atoms in total. The van der Waals surface area contributed by atoms with E-state index in [0.29, 0.717) is 22.9 Å². The average molecular weight is 476 g/mol. The van der Waals surface area contributed by atoms with Crippen molar-refractivity contribution in [3.63, 3.8) is 0 Å². The predicted molar refractivity (Wildman–Crippen MR) is 129 cm³/mol. The van der Waals surface area contributed by atoms with Gasteiger partial charge in [-0.25, -0.2) is 4.79 Å². The number of piperidine rings is 1. The Hall–Kier alpha value is -2.04. The van der Waals surface area contributed by atoms with Crippen molar-refractivity contribution in [1.29, 1.82) is 0 Å². The minimum Gasteiger partial charge on any atom is -0.467 e. The van der Waals surface area contributed by atoms with Crippen LogP contribution in [-0.2, 0) is 14.3 Å². The highest BCUT2D eigenvalue weighted by molar-refractivity contribution is 6.30. The van der Waals surface area contributed by atoms with Crippen LogP contribution in [0.25, 0.3) is 0 Å². The molecule has 3 rings (SSSR count). The summed E-state index contributed by atoms with van der Waals surface area (Å²) in [5.74, 6) is -0.442. The van der Waals surface area contributed by atoms with Gasteiger partial charge in [0, 0.05) is 21.4 Å². The molecule has 1 amide bonds. The molecule has 2 aromatic carbocycles. The van der Waals surface area contributed by atoms with Crippen LogP contribution >= 0.6 is 23.2 Å². The predicted octanol–water partition coefficient (Wildman–Crippen LogP) is 6.81. The van der Waals surface area contributed by atoms with E-state index in [1.54, 1.807) is 4.90 Å². The molecule has 6 heteroatoms. The SMILES string of the molecule is CCC[C@@]1(C)C[C@H](c2cccc(Cl)c2)[C@@H](c2ccc(Cl)cc2)N(C(CC)C(=O)OC)C1=O. The topological polar surface area (TPSA) is 46.6 Å². The molecule has 0 radical (unpaired) electrons. The van der Waals surface area contributed by atoms with Crippen LogP contribution in [0.2, 0.25) is 10.0 Å². The third kappa shape index (κ3) is 4.82. The van der Waals surface area contributed by atoms with Gasteiger partial charge < -0.3 is 9.64 Å². The molecule has 32 heavy (non-hydrogen) atoms. The fraction of sp³-hybridized carbons (Fsp3) is 0.462. The number of hydrogen-bond acceptors (Lipinski definition) is 3. The number of likely N-dealkylation sites (tertiary alicyclic amines) is 1. The molecule has 0 spiro atoms. The lowest BCUT2D eigenvalue weighted by molar-refractivity contribution is -0.166. The van der Waals surface area contributed by atoms with Gasteiger partial charge in [-0.2, -0.15) is 0 Å². The molecule has 1 aliphatic rings. The lowest BCUT2D eigenvalue weighted by atomic mass is 9.66. The summed E-state index contributed by atoms with van der Waals surface area (Å²) in [5, 5.41) is 1.27. The highest BCUT2D eigenvalue weighted by atomic mass is 35.5. The van der Waals surface area contributed by atoms with Gasteiger partial charge in [-0.3, -0.25) is 4.79 Å². The Labute approximate surface area is 200 Å². The normalized spacial score (nSPS) is 24.3. The van der Waals surface area contributed by atoms with E-state index in [-0.39, 0.29) is 17.9 Å². The van der Waals surface area contributed by atoms with Crippen molar-refractivity contribution in [3.05, 3.63) is 69.7 Å². The highest BCUT2D eigenvalue weighted by Gasteiger charge is 2.52. The number of halogens is 2. The molecular formula is C26H31Cl2NO3. The Kier molecular flexibility index (Phi) is 7.89. The van der Waals surface area contributed by atoms with Gasteiger partial charge in [0.1, 0.15) is 6.04 Å². The van der Waals surface area contributed by atoms with E-state index < -0.39 is 17.4 Å². The standard InChI is InChI=1S/C26H31Cl2NO3/c1-5-14-26(3)16-21(18-8-7-9-20(28)15-18)23(17-10-12-19(27)13-11-17)29(25(26)31)22(6-2)24(30)32-4/h7-13,15,21-23H,5-6,14,16H2,1-4H3/t21-,22?,23-,26+/m1/s1. The number of carbonyl (C=O) groups is 2. The molecule has 1 aliphatic heterocycles. The molecule has 0 N–H and O–H groups in total. The quantitative estimate of drug-likeness (QED) is 0.413. The maximum Gasteiger partial charge on any atom is 0.328 e. The summed E-state index contributed by atoms with van der Waals surface area (Å²) < 4.78 is 5.12. The number of amides is 1. The number of hydrogen-bond donors (Lipinski definition) is 0. The second kappa shape index (κ2) is 10.3. The maximum atomic E-state index is 14.0. The number of benzene rings is 2. The van der Waals surface area contributed by atoms with E-state index >= 15 is 0 Å². The molecule has 2 aromatic rings. The van der Waals surface area contributed by atoms with E-state index in [4.69, 9.17) is 27.9 Å². The van der Waals surface area contributed by atoms with Crippen LogP contribution in [-0.4, -0.2) is 29.9 Å². The van der Waals surface area contributed by atoms with Crippen molar-refractivity contribution < 1.29 is 14.3 Å². The van der Waals surface area contributed by atoms with Gasteiger partial charge in [0.05, 0.1) is 13.2 Å². The molecule has 1 unspecified atom stereocenters. The van der Waals surface area contributed by atoms with Gasteiger partial charge in [0.25, 0.3) is 0 Å². The van der Waals surface area contributed by atoms with E-state index in [9.17, 15) is 9.59 Å². The van der Waals surface area contributed by atoms with Crippen molar-refractivity contribution in [2.75, 3.05) is 7.11 Å². The number of rotatable bonds is 7. The molecule has 1 fully saturated rings. The summed E-state index contributed by atoms with van der Waals surface area (Å²) in [6.07, 6.45) is 2.75. The van der Waals surface area contributed by atoms with Crippen LogP contribution in [0.1, 0.15) is 69.5 Å². The van der Waals surface area contributed by atoms with Crippen molar-refractivity contribution in [1.82, 2.24) is 4.90 Å². The van der Waals surface area contributed by atoms with Crippen molar-refractivity contribution in [2.45, 2.75) is 64.5 Å². The average Bonchev–Trinajstić information content (AvgIpc) is 2.77. The molecule has 0 bridgehead atoms. The molecule has 172 valence electrons. The van der Waals surface area contributed by atoms with E-state index in [0.717, 1.165) is 24.0 Å². The Morgan fingerprint density at radius 1 is 1.12 bits per heavy atom. The van der Waals surface area contributed by atoms with Gasteiger partial charge in [0.2, 0.25) is 5.91 Å². The first-order chi connectivity index (χ1) is 15.3. The fourth-order valence-electron chi connectivity index (χ4n) is 5.12. The van der Waals surface area contributed by atoms with Crippen molar-refractivity contribution in [2.24, 2.45) is 5.41 Å². The monoisotopic (exact) mass is 475 g/mol. The first-order valence-electron chi connectivity index (χ1n) is 11.2. The lowest BCUT2D eigenvalue weighted by Crippen LogP contribution is -2.57. The summed E-state index contributed by atoms with van der Waals surface area (Å²) in [4.78, 5) is 28.6. The van der Waals surface area contributed by atoms with Gasteiger partial charge in [-0.05, 0) is 54.7 Å². The Bertz CT molecular complexity index is 962. The summed E-state index contributed by atoms with van der Waals surface area (Å²) in [6.45, 7) is 6.01.